The van der Waals surface area contributed by atoms with Crippen LogP contribution in [-0.2, 0) is 6.54 Å². The predicted octanol–water partition coefficient (Wildman–Crippen LogP) is 1.53. The molecule has 2 aromatic rings. The first-order valence-corrected chi connectivity index (χ1v) is 6.73. The highest BCUT2D eigenvalue weighted by Crippen LogP contribution is 2.07. The highest BCUT2D eigenvalue weighted by Gasteiger charge is 2.06. The molecule has 6 heteroatoms. The minimum Gasteiger partial charge on any atom is -0.385 e. The van der Waals surface area contributed by atoms with Crippen molar-refractivity contribution in [3.05, 3.63) is 42.7 Å². The van der Waals surface area contributed by atoms with Gasteiger partial charge in [-0.1, -0.05) is 0 Å². The smallest absolute Gasteiger partial charge is 0.269 e. The first kappa shape index (κ1) is 14.0. The molecule has 20 heavy (non-hydrogen) atoms. The van der Waals surface area contributed by atoms with E-state index in [1.165, 1.54) is 0 Å². The van der Waals surface area contributed by atoms with Crippen LogP contribution in [0, 0.1) is 0 Å². The Balaban J connectivity index is 1.78. The molecule has 2 aromatic heterocycles. The second-order valence-corrected chi connectivity index (χ2v) is 4.37. The summed E-state index contributed by atoms with van der Waals surface area (Å²) in [5.41, 5.74) is 1.34. The zero-order chi connectivity index (χ0) is 14.2. The number of anilines is 1. The number of carbonyl (C=O) groups is 1. The van der Waals surface area contributed by atoms with E-state index in [-0.39, 0.29) is 5.91 Å². The van der Waals surface area contributed by atoms with Gasteiger partial charge < -0.3 is 15.2 Å². The van der Waals surface area contributed by atoms with E-state index in [2.05, 4.69) is 20.6 Å². The van der Waals surface area contributed by atoms with Gasteiger partial charge in [0.1, 0.15) is 5.69 Å². The summed E-state index contributed by atoms with van der Waals surface area (Å²) in [6.07, 6.45) is 7.91. The van der Waals surface area contributed by atoms with Gasteiger partial charge in [0.25, 0.3) is 5.91 Å². The van der Waals surface area contributed by atoms with Crippen LogP contribution in [0.15, 0.2) is 37.1 Å². The van der Waals surface area contributed by atoms with Gasteiger partial charge in [-0.15, -0.1) is 0 Å². The highest BCUT2D eigenvalue weighted by molar-refractivity contribution is 5.93. The summed E-state index contributed by atoms with van der Waals surface area (Å²) in [6.45, 7) is 4.28. The third-order valence-electron chi connectivity index (χ3n) is 2.81. The summed E-state index contributed by atoms with van der Waals surface area (Å²) in [5.74, 6) is -0.143. The van der Waals surface area contributed by atoms with Gasteiger partial charge in [-0.2, -0.15) is 0 Å². The molecule has 0 bridgehead atoms. The largest absolute Gasteiger partial charge is 0.385 e. The molecule has 106 valence electrons. The molecule has 0 atom stereocenters. The number of aromatic nitrogens is 3. The van der Waals surface area contributed by atoms with Crippen molar-refractivity contribution in [2.24, 2.45) is 0 Å². The van der Waals surface area contributed by atoms with Gasteiger partial charge in [-0.3, -0.25) is 9.78 Å². The number of hydrogen-bond acceptors (Lipinski definition) is 4. The summed E-state index contributed by atoms with van der Waals surface area (Å²) in [7, 11) is 0. The van der Waals surface area contributed by atoms with Crippen molar-refractivity contribution in [2.45, 2.75) is 19.9 Å². The molecule has 2 heterocycles. The van der Waals surface area contributed by atoms with Crippen molar-refractivity contribution in [1.82, 2.24) is 19.9 Å². The lowest BCUT2D eigenvalue weighted by Gasteiger charge is -2.07. The Hall–Kier alpha value is -2.37. The lowest BCUT2D eigenvalue weighted by atomic mass is 10.3. The van der Waals surface area contributed by atoms with Crippen molar-refractivity contribution < 1.29 is 4.79 Å². The third kappa shape index (κ3) is 4.08. The van der Waals surface area contributed by atoms with Crippen molar-refractivity contribution in [1.29, 1.82) is 0 Å². The van der Waals surface area contributed by atoms with Crippen LogP contribution in [0.2, 0.25) is 0 Å². The lowest BCUT2D eigenvalue weighted by Crippen LogP contribution is -2.26. The van der Waals surface area contributed by atoms with Crippen LogP contribution < -0.4 is 10.6 Å². The summed E-state index contributed by atoms with van der Waals surface area (Å²) >= 11 is 0. The van der Waals surface area contributed by atoms with E-state index < -0.39 is 0 Å². The van der Waals surface area contributed by atoms with Crippen LogP contribution in [0.5, 0.6) is 0 Å². The maximum absolute atomic E-state index is 11.9. The van der Waals surface area contributed by atoms with E-state index in [4.69, 9.17) is 0 Å². The zero-order valence-corrected chi connectivity index (χ0v) is 11.5. The highest BCUT2D eigenvalue weighted by atomic mass is 16.1. The zero-order valence-electron chi connectivity index (χ0n) is 11.5. The molecule has 6 nitrogen and oxygen atoms in total. The number of imidazole rings is 1. The second kappa shape index (κ2) is 7.28. The van der Waals surface area contributed by atoms with Gasteiger partial charge >= 0.3 is 0 Å². The van der Waals surface area contributed by atoms with Crippen LogP contribution >= 0.6 is 0 Å². The summed E-state index contributed by atoms with van der Waals surface area (Å²) in [4.78, 5) is 20.0. The summed E-state index contributed by atoms with van der Waals surface area (Å²) < 4.78 is 1.98. The Morgan fingerprint density at radius 1 is 1.40 bits per heavy atom. The first-order valence-electron chi connectivity index (χ1n) is 6.73. The Kier molecular flexibility index (Phi) is 5.11. The van der Waals surface area contributed by atoms with E-state index in [1.807, 2.05) is 23.8 Å². The number of nitrogens with one attached hydrogen (secondary N) is 2. The number of rotatable bonds is 7. The van der Waals surface area contributed by atoms with E-state index in [0.717, 1.165) is 25.2 Å². The van der Waals surface area contributed by atoms with E-state index in [9.17, 15) is 4.79 Å². The van der Waals surface area contributed by atoms with Gasteiger partial charge in [0.05, 0.1) is 6.33 Å². The molecule has 0 unspecified atom stereocenters. The molecule has 0 spiro atoms. The fourth-order valence-corrected chi connectivity index (χ4v) is 1.84. The second-order valence-electron chi connectivity index (χ2n) is 4.37. The Morgan fingerprint density at radius 2 is 2.30 bits per heavy atom. The minimum absolute atomic E-state index is 0.143. The molecular weight excluding hydrogens is 254 g/mol. The third-order valence-corrected chi connectivity index (χ3v) is 2.81. The van der Waals surface area contributed by atoms with Crippen LogP contribution in [0.4, 0.5) is 5.69 Å². The van der Waals surface area contributed by atoms with Gasteiger partial charge in [0.2, 0.25) is 0 Å². The number of amides is 1. The standard InChI is InChI=1S/C14H19N5O/c1-2-16-12-4-6-17-13(10-12)14(20)18-5-3-8-19-9-7-15-11-19/h4,6-7,9-11H,2-3,5,8H2,1H3,(H,16,17)(H,18,20). The molecule has 0 aliphatic rings. The predicted molar refractivity (Wildman–Crippen MR) is 77.6 cm³/mol. The molecule has 0 aliphatic carbocycles. The maximum atomic E-state index is 11.9. The number of carbonyl (C=O) groups excluding carboxylic acids is 1. The van der Waals surface area contributed by atoms with Crippen LogP contribution in [0.25, 0.3) is 0 Å². The van der Waals surface area contributed by atoms with Gasteiger partial charge in [-0.05, 0) is 25.5 Å². The Morgan fingerprint density at radius 3 is 3.05 bits per heavy atom. The monoisotopic (exact) mass is 273 g/mol. The SMILES string of the molecule is CCNc1ccnc(C(=O)NCCCn2ccnc2)c1. The van der Waals surface area contributed by atoms with Gasteiger partial charge in [0.15, 0.2) is 0 Å². The number of pyridine rings is 1. The average Bonchev–Trinajstić information content (AvgIpc) is 2.97. The fraction of sp³-hybridized carbons (Fsp3) is 0.357. The van der Waals surface area contributed by atoms with Crippen LogP contribution in [0.3, 0.4) is 0 Å². The topological polar surface area (TPSA) is 71.8 Å². The number of nitrogens with zero attached hydrogens (tertiary/aromatic N) is 3. The van der Waals surface area contributed by atoms with Crippen molar-refractivity contribution >= 4 is 11.6 Å². The minimum atomic E-state index is -0.143. The maximum Gasteiger partial charge on any atom is 0.269 e. The van der Waals surface area contributed by atoms with E-state index in [0.29, 0.717) is 12.2 Å². The molecule has 0 radical (unpaired) electrons. The van der Waals surface area contributed by atoms with Crippen LogP contribution in [0.1, 0.15) is 23.8 Å². The molecule has 0 aromatic carbocycles. The number of hydrogen-bond donors (Lipinski definition) is 2. The van der Waals surface area contributed by atoms with Crippen molar-refractivity contribution in [3.63, 3.8) is 0 Å². The summed E-state index contributed by atoms with van der Waals surface area (Å²) in [6, 6.07) is 3.61. The summed E-state index contributed by atoms with van der Waals surface area (Å²) in [5, 5.41) is 6.03. The molecule has 1 amide bonds. The quantitative estimate of drug-likeness (QED) is 0.750. The lowest BCUT2D eigenvalue weighted by molar-refractivity contribution is 0.0948. The Bertz CT molecular complexity index is 538. The van der Waals surface area contributed by atoms with Gasteiger partial charge in [0, 0.05) is 43.9 Å². The van der Waals surface area contributed by atoms with Crippen molar-refractivity contribution in [3.8, 4) is 0 Å². The average molecular weight is 273 g/mol. The van der Waals surface area contributed by atoms with E-state index >= 15 is 0 Å². The van der Waals surface area contributed by atoms with Gasteiger partial charge in [-0.25, -0.2) is 4.98 Å². The molecule has 0 saturated heterocycles. The fourth-order valence-electron chi connectivity index (χ4n) is 1.84. The Labute approximate surface area is 118 Å². The molecule has 0 aliphatic heterocycles. The molecular formula is C14H19N5O. The first-order chi connectivity index (χ1) is 9.79. The molecule has 2 rings (SSSR count). The van der Waals surface area contributed by atoms with Crippen LogP contribution in [-0.4, -0.2) is 33.5 Å². The number of aryl methyl sites for hydroxylation is 1. The molecule has 0 fully saturated rings. The molecule has 2 N–H and O–H groups in total. The van der Waals surface area contributed by atoms with E-state index in [1.54, 1.807) is 24.8 Å². The normalized spacial score (nSPS) is 10.2. The van der Waals surface area contributed by atoms with Crippen molar-refractivity contribution in [2.75, 3.05) is 18.4 Å². The molecule has 0 saturated carbocycles.